The molecule has 0 saturated carbocycles. The maximum atomic E-state index is 7.36. The first kappa shape index (κ1) is 14.1. The van der Waals surface area contributed by atoms with Crippen LogP contribution in [0.4, 0.5) is 11.8 Å². The van der Waals surface area contributed by atoms with Gasteiger partial charge in [-0.1, -0.05) is 11.6 Å². The highest BCUT2D eigenvalue weighted by atomic mass is 35.5. The van der Waals surface area contributed by atoms with E-state index in [1.54, 1.807) is 19.4 Å². The highest BCUT2D eigenvalue weighted by Gasteiger charge is 2.12. The first-order valence-electron chi connectivity index (χ1n) is 6.13. The van der Waals surface area contributed by atoms with Gasteiger partial charge >= 0.3 is 0 Å². The lowest BCUT2D eigenvalue weighted by Crippen LogP contribution is -2.11. The van der Waals surface area contributed by atoms with Gasteiger partial charge in [-0.25, -0.2) is 0 Å². The van der Waals surface area contributed by atoms with Gasteiger partial charge in [-0.2, -0.15) is 9.97 Å². The Hall–Kier alpha value is -2.28. The molecule has 0 fully saturated rings. The number of halogens is 1. The lowest BCUT2D eigenvalue weighted by Gasteiger charge is -2.08. The second-order valence-corrected chi connectivity index (χ2v) is 4.34. The molecule has 0 spiro atoms. The summed E-state index contributed by atoms with van der Waals surface area (Å²) >= 11 is 6.08. The predicted molar refractivity (Wildman–Crippen MR) is 82.6 cm³/mol. The minimum atomic E-state index is 0.382. The fraction of sp³-hybridized carbons (Fsp3) is 0.250. The quantitative estimate of drug-likeness (QED) is 0.525. The van der Waals surface area contributed by atoms with Crippen LogP contribution in [0.25, 0.3) is 11.0 Å². The largest absolute Gasteiger partial charge is 0.389 e. The van der Waals surface area contributed by atoms with Gasteiger partial charge in [-0.05, 0) is 6.92 Å². The van der Waals surface area contributed by atoms with Gasteiger partial charge in [0.2, 0.25) is 5.95 Å². The predicted octanol–water partition coefficient (Wildman–Crippen LogP) is 2.17. The smallest absolute Gasteiger partial charge is 0.231 e. The van der Waals surface area contributed by atoms with E-state index in [1.807, 2.05) is 6.92 Å². The maximum Gasteiger partial charge on any atom is 0.231 e. The Morgan fingerprint density at radius 2 is 2.30 bits per heavy atom. The first-order chi connectivity index (χ1) is 9.69. The Labute approximate surface area is 121 Å². The summed E-state index contributed by atoms with van der Waals surface area (Å²) in [5.74, 6) is 1.00. The monoisotopic (exact) mass is 293 g/mol. The molecule has 0 aliphatic carbocycles. The van der Waals surface area contributed by atoms with Crippen molar-refractivity contribution in [2.24, 2.45) is 0 Å². The summed E-state index contributed by atoms with van der Waals surface area (Å²) < 4.78 is 0. The second-order valence-electron chi connectivity index (χ2n) is 3.93. The Kier molecular flexibility index (Phi) is 4.41. The molecule has 0 bridgehead atoms. The molecular weight excluding hydrogens is 278 g/mol. The van der Waals surface area contributed by atoms with Gasteiger partial charge in [0.1, 0.15) is 11.5 Å². The topological polar surface area (TPSA) is 102 Å². The number of H-pyrrole nitrogens is 1. The molecule has 0 atom stereocenters. The fourth-order valence-corrected chi connectivity index (χ4v) is 1.92. The fourth-order valence-electron chi connectivity index (χ4n) is 1.69. The van der Waals surface area contributed by atoms with Crippen molar-refractivity contribution in [2.45, 2.75) is 6.92 Å². The van der Waals surface area contributed by atoms with Crippen LogP contribution in [-0.4, -0.2) is 34.8 Å². The highest BCUT2D eigenvalue weighted by Crippen LogP contribution is 2.28. The number of aromatic nitrogens is 3. The summed E-state index contributed by atoms with van der Waals surface area (Å²) in [5, 5.41) is 17.6. The third kappa shape index (κ3) is 2.83. The molecule has 2 heterocycles. The highest BCUT2D eigenvalue weighted by molar-refractivity contribution is 6.36. The summed E-state index contributed by atoms with van der Waals surface area (Å²) in [6.45, 7) is 2.74. The zero-order valence-corrected chi connectivity index (χ0v) is 12.0. The van der Waals surface area contributed by atoms with Gasteiger partial charge in [0, 0.05) is 32.2 Å². The lowest BCUT2D eigenvalue weighted by molar-refractivity contribution is 0.913. The minimum absolute atomic E-state index is 0.382. The number of allylic oxidation sites excluding steroid dienone is 1. The number of aromatic amines is 1. The van der Waals surface area contributed by atoms with Crippen molar-refractivity contribution in [3.8, 4) is 0 Å². The van der Waals surface area contributed by atoms with Crippen LogP contribution in [0, 0.1) is 5.41 Å². The number of rotatable bonds is 6. The molecule has 106 valence electrons. The molecule has 0 unspecified atom stereocenters. The molecule has 2 aromatic heterocycles. The van der Waals surface area contributed by atoms with Crippen LogP contribution in [0.2, 0.25) is 5.02 Å². The van der Waals surface area contributed by atoms with E-state index >= 15 is 0 Å². The molecule has 0 amide bonds. The number of anilines is 2. The van der Waals surface area contributed by atoms with Gasteiger partial charge in [0.25, 0.3) is 0 Å². The van der Waals surface area contributed by atoms with E-state index < -0.39 is 0 Å². The zero-order valence-electron chi connectivity index (χ0n) is 11.2. The number of nitrogens with one attached hydrogen (secondary N) is 5. The van der Waals surface area contributed by atoms with Crippen LogP contribution >= 0.6 is 11.6 Å². The van der Waals surface area contributed by atoms with E-state index in [-0.39, 0.29) is 0 Å². The van der Waals surface area contributed by atoms with E-state index in [1.165, 1.54) is 6.21 Å². The van der Waals surface area contributed by atoms with Crippen LogP contribution in [0.5, 0.6) is 0 Å². The average Bonchev–Trinajstić information content (AvgIpc) is 2.84. The van der Waals surface area contributed by atoms with Crippen LogP contribution in [0.1, 0.15) is 6.92 Å². The first-order valence-corrected chi connectivity index (χ1v) is 6.50. The van der Waals surface area contributed by atoms with Crippen LogP contribution in [0.15, 0.2) is 18.1 Å². The zero-order chi connectivity index (χ0) is 14.5. The molecule has 2 aromatic rings. The van der Waals surface area contributed by atoms with E-state index in [0.717, 1.165) is 11.9 Å². The van der Waals surface area contributed by atoms with Crippen LogP contribution < -0.4 is 16.0 Å². The summed E-state index contributed by atoms with van der Waals surface area (Å²) in [6.07, 6.45) is 4.55. The number of nitrogens with zero attached hydrogens (tertiary/aromatic N) is 2. The lowest BCUT2D eigenvalue weighted by atomic mass is 10.4. The summed E-state index contributed by atoms with van der Waals surface area (Å²) in [5.41, 5.74) is 1.19. The molecule has 0 aliphatic heterocycles. The van der Waals surface area contributed by atoms with Crippen LogP contribution in [-0.2, 0) is 0 Å². The van der Waals surface area contributed by atoms with E-state index in [0.29, 0.717) is 28.1 Å². The van der Waals surface area contributed by atoms with Gasteiger partial charge in [0.15, 0.2) is 0 Å². The van der Waals surface area contributed by atoms with Gasteiger partial charge < -0.3 is 26.3 Å². The average molecular weight is 294 g/mol. The molecule has 5 N–H and O–H groups in total. The standard InChI is InChI=1S/C12H16ClN7/c1-3-16-5-7(4-14)18-12-19-10(15-2)9-8(13)6-17-11(9)20-12/h4-6,14,16H,3H2,1-2H3,(H3,15,17,18,19,20)/b7-5+,14-4?. The summed E-state index contributed by atoms with van der Waals surface area (Å²) in [4.78, 5) is 11.6. The van der Waals surface area contributed by atoms with Gasteiger partial charge in [-0.3, -0.25) is 0 Å². The normalized spacial score (nSPS) is 11.4. The SMILES string of the molecule is CCN/C=C(\C=N)Nc1nc(NC)c2c(Cl)c[nH]c2n1. The van der Waals surface area contributed by atoms with E-state index in [4.69, 9.17) is 17.0 Å². The summed E-state index contributed by atoms with van der Waals surface area (Å²) in [6, 6.07) is 0. The molecule has 0 aliphatic rings. The number of hydrogen-bond acceptors (Lipinski definition) is 6. The number of fused-ring (bicyclic) bond motifs is 1. The molecule has 0 saturated heterocycles. The maximum absolute atomic E-state index is 7.36. The van der Waals surface area contributed by atoms with Crippen molar-refractivity contribution in [3.05, 3.63) is 23.1 Å². The van der Waals surface area contributed by atoms with E-state index in [9.17, 15) is 0 Å². The number of hydrogen-bond donors (Lipinski definition) is 5. The third-order valence-corrected chi connectivity index (χ3v) is 2.89. The summed E-state index contributed by atoms with van der Waals surface area (Å²) in [7, 11) is 1.76. The molecule has 8 heteroatoms. The van der Waals surface area contributed by atoms with Crippen molar-refractivity contribution < 1.29 is 0 Å². The molecule has 7 nitrogen and oxygen atoms in total. The molecule has 0 aromatic carbocycles. The second kappa shape index (κ2) is 6.25. The minimum Gasteiger partial charge on any atom is -0.389 e. The molecule has 2 rings (SSSR count). The Bertz CT molecular complexity index is 647. The van der Waals surface area contributed by atoms with Crippen molar-refractivity contribution in [2.75, 3.05) is 24.2 Å². The van der Waals surface area contributed by atoms with Gasteiger partial charge in [-0.15, -0.1) is 0 Å². The van der Waals surface area contributed by atoms with Crippen molar-refractivity contribution in [3.63, 3.8) is 0 Å². The molecular formula is C12H16ClN7. The van der Waals surface area contributed by atoms with Crippen LogP contribution in [0.3, 0.4) is 0 Å². The van der Waals surface area contributed by atoms with E-state index in [2.05, 4.69) is 30.9 Å². The third-order valence-electron chi connectivity index (χ3n) is 2.59. The van der Waals surface area contributed by atoms with Crippen molar-refractivity contribution in [1.82, 2.24) is 20.3 Å². The molecule has 20 heavy (non-hydrogen) atoms. The molecule has 0 radical (unpaired) electrons. The Morgan fingerprint density at radius 3 is 2.95 bits per heavy atom. The Balaban J connectivity index is 2.37. The Morgan fingerprint density at radius 1 is 1.50 bits per heavy atom. The van der Waals surface area contributed by atoms with Gasteiger partial charge in [0.05, 0.1) is 16.1 Å². The van der Waals surface area contributed by atoms with Crippen molar-refractivity contribution in [1.29, 1.82) is 5.41 Å². The van der Waals surface area contributed by atoms with Crippen molar-refractivity contribution >= 4 is 40.6 Å².